The largest absolute Gasteiger partial charge is 0.507 e. The van der Waals surface area contributed by atoms with Crippen LogP contribution in [0.3, 0.4) is 0 Å². The predicted molar refractivity (Wildman–Crippen MR) is 80.2 cm³/mol. The highest BCUT2D eigenvalue weighted by Gasteiger charge is 2.07. The van der Waals surface area contributed by atoms with Crippen molar-refractivity contribution in [2.24, 2.45) is 0 Å². The van der Waals surface area contributed by atoms with Crippen LogP contribution >= 0.6 is 0 Å². The molecule has 0 heterocycles. The average Bonchev–Trinajstić information content (AvgIpc) is 2.46. The van der Waals surface area contributed by atoms with Crippen molar-refractivity contribution in [3.05, 3.63) is 84.4 Å². The molecule has 0 saturated carbocycles. The Hall–Kier alpha value is -2.54. The number of rotatable bonds is 2. The second-order valence-corrected chi connectivity index (χ2v) is 4.56. The number of aromatic hydroxyl groups is 1. The lowest BCUT2D eigenvalue weighted by Gasteiger charge is -2.09. The topological polar surface area (TPSA) is 20.2 Å². The first kappa shape index (κ1) is 11.5. The van der Waals surface area contributed by atoms with Crippen molar-refractivity contribution in [1.82, 2.24) is 0 Å². The first-order valence-electron chi connectivity index (χ1n) is 6.22. The number of phenolic OH excluding ortho intramolecular Hbond substituents is 1. The lowest BCUT2D eigenvalue weighted by molar-refractivity contribution is 0.473. The average molecular weight is 246 g/mol. The van der Waals surface area contributed by atoms with Crippen LogP contribution in [-0.2, 0) is 0 Å². The number of para-hydroxylation sites is 1. The SMILES string of the molecule is C=C(c1ccc2ccccc2c1)c1ccccc1O. The fraction of sp³-hybridized carbons (Fsp3) is 0. The van der Waals surface area contributed by atoms with Gasteiger partial charge in [-0.15, -0.1) is 0 Å². The molecular weight excluding hydrogens is 232 g/mol. The van der Waals surface area contributed by atoms with Gasteiger partial charge in [-0.25, -0.2) is 0 Å². The van der Waals surface area contributed by atoms with E-state index in [4.69, 9.17) is 0 Å². The highest BCUT2D eigenvalue weighted by Crippen LogP contribution is 2.30. The van der Waals surface area contributed by atoms with E-state index < -0.39 is 0 Å². The van der Waals surface area contributed by atoms with Gasteiger partial charge < -0.3 is 5.11 Å². The van der Waals surface area contributed by atoms with Gasteiger partial charge in [-0.3, -0.25) is 0 Å². The van der Waals surface area contributed by atoms with Gasteiger partial charge in [0.25, 0.3) is 0 Å². The number of phenols is 1. The second-order valence-electron chi connectivity index (χ2n) is 4.56. The third-order valence-corrected chi connectivity index (χ3v) is 3.33. The Morgan fingerprint density at radius 1 is 0.789 bits per heavy atom. The van der Waals surface area contributed by atoms with E-state index in [0.717, 1.165) is 16.7 Å². The number of benzene rings is 3. The van der Waals surface area contributed by atoms with Crippen molar-refractivity contribution < 1.29 is 5.11 Å². The van der Waals surface area contributed by atoms with Gasteiger partial charge >= 0.3 is 0 Å². The molecule has 0 radical (unpaired) electrons. The molecule has 3 aromatic rings. The van der Waals surface area contributed by atoms with Crippen LogP contribution in [0.2, 0.25) is 0 Å². The van der Waals surface area contributed by atoms with Crippen LogP contribution in [0.5, 0.6) is 5.75 Å². The quantitative estimate of drug-likeness (QED) is 0.700. The summed E-state index contributed by atoms with van der Waals surface area (Å²) in [7, 11) is 0. The van der Waals surface area contributed by atoms with Crippen molar-refractivity contribution in [2.75, 3.05) is 0 Å². The summed E-state index contributed by atoms with van der Waals surface area (Å²) in [5, 5.41) is 12.3. The van der Waals surface area contributed by atoms with Crippen molar-refractivity contribution in [2.45, 2.75) is 0 Å². The predicted octanol–water partition coefficient (Wildman–Crippen LogP) is 4.61. The highest BCUT2D eigenvalue weighted by molar-refractivity contribution is 5.89. The monoisotopic (exact) mass is 246 g/mol. The third-order valence-electron chi connectivity index (χ3n) is 3.33. The zero-order chi connectivity index (χ0) is 13.2. The van der Waals surface area contributed by atoms with E-state index in [1.165, 1.54) is 10.8 Å². The Kier molecular flexibility index (Phi) is 2.81. The first-order valence-corrected chi connectivity index (χ1v) is 6.22. The van der Waals surface area contributed by atoms with E-state index in [-0.39, 0.29) is 5.75 Å². The molecule has 0 atom stereocenters. The van der Waals surface area contributed by atoms with Crippen LogP contribution < -0.4 is 0 Å². The molecule has 0 aliphatic rings. The number of fused-ring (bicyclic) bond motifs is 1. The van der Waals surface area contributed by atoms with Gasteiger partial charge in [0, 0.05) is 5.56 Å². The van der Waals surface area contributed by atoms with E-state index in [0.29, 0.717) is 0 Å². The van der Waals surface area contributed by atoms with Crippen LogP contribution in [0.25, 0.3) is 16.3 Å². The van der Waals surface area contributed by atoms with Gasteiger partial charge in [0.2, 0.25) is 0 Å². The van der Waals surface area contributed by atoms with Crippen LogP contribution in [0.15, 0.2) is 73.3 Å². The summed E-state index contributed by atoms with van der Waals surface area (Å²) >= 11 is 0. The molecule has 0 unspecified atom stereocenters. The molecule has 1 heteroatoms. The zero-order valence-electron chi connectivity index (χ0n) is 10.5. The third kappa shape index (κ3) is 2.11. The minimum atomic E-state index is 0.264. The van der Waals surface area contributed by atoms with Crippen molar-refractivity contribution >= 4 is 16.3 Å². The minimum absolute atomic E-state index is 0.264. The lowest BCUT2D eigenvalue weighted by atomic mass is 9.96. The molecule has 0 amide bonds. The maximum Gasteiger partial charge on any atom is 0.123 e. The van der Waals surface area contributed by atoms with Gasteiger partial charge in [0.05, 0.1) is 0 Å². The lowest BCUT2D eigenvalue weighted by Crippen LogP contribution is -1.87. The zero-order valence-corrected chi connectivity index (χ0v) is 10.5. The van der Waals surface area contributed by atoms with Gasteiger partial charge in [0.15, 0.2) is 0 Å². The Morgan fingerprint density at radius 3 is 2.26 bits per heavy atom. The summed E-state index contributed by atoms with van der Waals surface area (Å²) in [5.74, 6) is 0.264. The Labute approximate surface area is 112 Å². The summed E-state index contributed by atoms with van der Waals surface area (Å²) in [6.07, 6.45) is 0. The van der Waals surface area contributed by atoms with E-state index in [1.807, 2.05) is 36.4 Å². The molecule has 92 valence electrons. The van der Waals surface area contributed by atoms with E-state index >= 15 is 0 Å². The number of hydrogen-bond donors (Lipinski definition) is 1. The maximum absolute atomic E-state index is 9.89. The van der Waals surface area contributed by atoms with Gasteiger partial charge in [-0.1, -0.05) is 61.2 Å². The van der Waals surface area contributed by atoms with Crippen molar-refractivity contribution in [1.29, 1.82) is 0 Å². The van der Waals surface area contributed by atoms with Crippen LogP contribution in [-0.4, -0.2) is 5.11 Å². The molecule has 0 aliphatic carbocycles. The fourth-order valence-electron chi connectivity index (χ4n) is 2.26. The normalized spacial score (nSPS) is 10.5. The second kappa shape index (κ2) is 4.62. The fourth-order valence-corrected chi connectivity index (χ4v) is 2.26. The molecule has 0 saturated heterocycles. The van der Waals surface area contributed by atoms with Crippen molar-refractivity contribution in [3.8, 4) is 5.75 Å². The Balaban J connectivity index is 2.09. The summed E-state index contributed by atoms with van der Waals surface area (Å²) in [4.78, 5) is 0. The van der Waals surface area contributed by atoms with E-state index in [2.05, 4.69) is 30.8 Å². The summed E-state index contributed by atoms with van der Waals surface area (Å²) < 4.78 is 0. The molecule has 1 nitrogen and oxygen atoms in total. The molecule has 3 rings (SSSR count). The minimum Gasteiger partial charge on any atom is -0.507 e. The van der Waals surface area contributed by atoms with E-state index in [9.17, 15) is 5.11 Å². The maximum atomic E-state index is 9.89. The molecule has 19 heavy (non-hydrogen) atoms. The molecule has 0 aliphatic heterocycles. The van der Waals surface area contributed by atoms with Crippen LogP contribution in [0.4, 0.5) is 0 Å². The molecule has 0 bridgehead atoms. The molecular formula is C18H14O. The molecule has 0 aromatic heterocycles. The number of hydrogen-bond acceptors (Lipinski definition) is 1. The Morgan fingerprint density at radius 2 is 1.47 bits per heavy atom. The van der Waals surface area contributed by atoms with Gasteiger partial charge in [0.1, 0.15) is 5.75 Å². The van der Waals surface area contributed by atoms with Crippen molar-refractivity contribution in [3.63, 3.8) is 0 Å². The molecule has 1 N–H and O–H groups in total. The van der Waals surface area contributed by atoms with Crippen LogP contribution in [0, 0.1) is 0 Å². The Bertz CT molecular complexity index is 756. The molecule has 0 spiro atoms. The highest BCUT2D eigenvalue weighted by atomic mass is 16.3. The molecule has 0 fully saturated rings. The van der Waals surface area contributed by atoms with Gasteiger partial charge in [-0.2, -0.15) is 0 Å². The summed E-state index contributed by atoms with van der Waals surface area (Å²) in [6, 6.07) is 21.7. The molecule has 3 aromatic carbocycles. The smallest absolute Gasteiger partial charge is 0.123 e. The van der Waals surface area contributed by atoms with Gasteiger partial charge in [-0.05, 0) is 34.0 Å². The first-order chi connectivity index (χ1) is 9.25. The van der Waals surface area contributed by atoms with E-state index in [1.54, 1.807) is 6.07 Å². The summed E-state index contributed by atoms with van der Waals surface area (Å²) in [6.45, 7) is 4.10. The van der Waals surface area contributed by atoms with Crippen LogP contribution in [0.1, 0.15) is 11.1 Å². The summed E-state index contributed by atoms with van der Waals surface area (Å²) in [5.41, 5.74) is 2.64. The standard InChI is InChI=1S/C18H14O/c1-13(17-8-4-5-9-18(17)19)15-11-10-14-6-2-3-7-16(14)12-15/h2-12,19H,1H2.